The fraction of sp³-hybridized carbons (Fsp3) is 0.118. The van der Waals surface area contributed by atoms with Crippen LogP contribution in [0.3, 0.4) is 0 Å². The zero-order valence-electron chi connectivity index (χ0n) is 13.0. The van der Waals surface area contributed by atoms with E-state index in [1.54, 1.807) is 18.2 Å². The van der Waals surface area contributed by atoms with E-state index in [1.165, 1.54) is 13.2 Å². The van der Waals surface area contributed by atoms with E-state index < -0.39 is 34.5 Å². The van der Waals surface area contributed by atoms with Crippen LogP contribution in [-0.2, 0) is 0 Å². The maximum absolute atomic E-state index is 12.1. The third kappa shape index (κ3) is 3.05. The van der Waals surface area contributed by atoms with E-state index in [1.807, 2.05) is 0 Å². The number of rotatable bonds is 5. The molecule has 0 saturated carbocycles. The van der Waals surface area contributed by atoms with Gasteiger partial charge in [0.15, 0.2) is 17.3 Å². The summed E-state index contributed by atoms with van der Waals surface area (Å²) in [6.45, 7) is 0. The number of carbonyl (C=O) groups excluding carboxylic acids is 1. The fourth-order valence-corrected chi connectivity index (χ4v) is 2.08. The molecule has 0 heterocycles. The van der Waals surface area contributed by atoms with Gasteiger partial charge in [0.2, 0.25) is 17.2 Å². The van der Waals surface area contributed by atoms with E-state index >= 15 is 0 Å². The Morgan fingerprint density at radius 3 is 2.12 bits per heavy atom. The Balaban J connectivity index is 2.40. The monoisotopic (exact) mass is 332 g/mol. The summed E-state index contributed by atoms with van der Waals surface area (Å²) in [7, 11) is 2.62. The number of phenolic OH excluding ortho intramolecular Hbond substituents is 4. The van der Waals surface area contributed by atoms with Crippen LogP contribution in [0.2, 0.25) is 0 Å². The third-order valence-electron chi connectivity index (χ3n) is 3.35. The lowest BCUT2D eigenvalue weighted by Gasteiger charge is -2.12. The minimum atomic E-state index is -0.749. The van der Waals surface area contributed by atoms with Crippen molar-refractivity contribution >= 4 is 11.9 Å². The van der Waals surface area contributed by atoms with Gasteiger partial charge in [0, 0.05) is 5.56 Å². The summed E-state index contributed by atoms with van der Waals surface area (Å²) in [5.74, 6) is -3.35. The molecule has 0 aliphatic heterocycles. The number of benzene rings is 2. The van der Waals surface area contributed by atoms with Crippen molar-refractivity contribution in [3.05, 3.63) is 41.5 Å². The number of hydrogen-bond acceptors (Lipinski definition) is 7. The second-order valence-corrected chi connectivity index (χ2v) is 4.77. The Hall–Kier alpha value is -3.35. The van der Waals surface area contributed by atoms with Crippen LogP contribution in [0.25, 0.3) is 6.08 Å². The van der Waals surface area contributed by atoms with E-state index in [4.69, 9.17) is 4.74 Å². The van der Waals surface area contributed by atoms with E-state index in [0.29, 0.717) is 11.3 Å². The van der Waals surface area contributed by atoms with Gasteiger partial charge in [-0.25, -0.2) is 0 Å². The summed E-state index contributed by atoms with van der Waals surface area (Å²) in [5, 5.41) is 39.3. The molecule has 2 aromatic carbocycles. The highest BCUT2D eigenvalue weighted by Crippen LogP contribution is 2.51. The summed E-state index contributed by atoms with van der Waals surface area (Å²) in [5.41, 5.74) is 0.00795. The molecule has 0 saturated heterocycles. The number of allylic oxidation sites excluding steroid dienone is 1. The molecule has 0 aliphatic carbocycles. The molecule has 7 nitrogen and oxygen atoms in total. The van der Waals surface area contributed by atoms with Gasteiger partial charge in [0.05, 0.1) is 19.8 Å². The minimum Gasteiger partial charge on any atom is -0.504 e. The molecule has 24 heavy (non-hydrogen) atoms. The number of methoxy groups -OCH3 is 2. The van der Waals surface area contributed by atoms with Crippen LogP contribution >= 0.6 is 0 Å². The highest BCUT2D eigenvalue weighted by atomic mass is 16.5. The van der Waals surface area contributed by atoms with Crippen molar-refractivity contribution in [2.24, 2.45) is 0 Å². The maximum atomic E-state index is 12.1. The molecule has 7 heteroatoms. The number of ether oxygens (including phenoxy) is 2. The van der Waals surface area contributed by atoms with Gasteiger partial charge in [0.1, 0.15) is 5.75 Å². The van der Waals surface area contributed by atoms with Gasteiger partial charge in [-0.15, -0.1) is 0 Å². The normalized spacial score (nSPS) is 10.8. The minimum absolute atomic E-state index is 0.318. The van der Waals surface area contributed by atoms with E-state index in [-0.39, 0.29) is 5.56 Å². The first-order valence-electron chi connectivity index (χ1n) is 6.81. The number of phenols is 4. The molecule has 0 radical (unpaired) electrons. The van der Waals surface area contributed by atoms with E-state index in [0.717, 1.165) is 19.3 Å². The van der Waals surface area contributed by atoms with Gasteiger partial charge in [-0.2, -0.15) is 0 Å². The third-order valence-corrected chi connectivity index (χ3v) is 3.35. The largest absolute Gasteiger partial charge is 0.504 e. The first-order valence-corrected chi connectivity index (χ1v) is 6.81. The van der Waals surface area contributed by atoms with Gasteiger partial charge in [-0.1, -0.05) is 12.1 Å². The summed E-state index contributed by atoms with van der Waals surface area (Å²) in [4.78, 5) is 12.1. The molecule has 0 amide bonds. The van der Waals surface area contributed by atoms with E-state index in [9.17, 15) is 25.2 Å². The van der Waals surface area contributed by atoms with Crippen molar-refractivity contribution in [2.45, 2.75) is 0 Å². The van der Waals surface area contributed by atoms with Gasteiger partial charge in [0.25, 0.3) is 0 Å². The Labute approximate surface area is 137 Å². The van der Waals surface area contributed by atoms with E-state index in [2.05, 4.69) is 4.74 Å². The number of hydrogen-bond donors (Lipinski definition) is 4. The van der Waals surface area contributed by atoms with Crippen LogP contribution in [0.15, 0.2) is 30.3 Å². The molecule has 0 bridgehead atoms. The van der Waals surface area contributed by atoms with Gasteiger partial charge >= 0.3 is 0 Å². The Bertz CT molecular complexity index is 780. The molecule has 0 aliphatic rings. The second-order valence-electron chi connectivity index (χ2n) is 4.77. The molecule has 0 aromatic heterocycles. The highest BCUT2D eigenvalue weighted by molar-refractivity contribution is 6.07. The Kier molecular flexibility index (Phi) is 4.84. The summed E-state index contributed by atoms with van der Waals surface area (Å²) in [6.07, 6.45) is 2.15. The van der Waals surface area contributed by atoms with Crippen LogP contribution in [-0.4, -0.2) is 40.4 Å². The van der Waals surface area contributed by atoms with Gasteiger partial charge in [-0.05, 0) is 24.3 Å². The molecule has 0 spiro atoms. The van der Waals surface area contributed by atoms with Crippen LogP contribution < -0.4 is 9.47 Å². The number of ketones is 1. The van der Waals surface area contributed by atoms with Crippen LogP contribution in [0.5, 0.6) is 34.5 Å². The van der Waals surface area contributed by atoms with Crippen molar-refractivity contribution in [3.63, 3.8) is 0 Å². The average molecular weight is 332 g/mol. The fourth-order valence-electron chi connectivity index (χ4n) is 2.08. The summed E-state index contributed by atoms with van der Waals surface area (Å²) < 4.78 is 9.71. The lowest BCUT2D eigenvalue weighted by atomic mass is 10.1. The van der Waals surface area contributed by atoms with Crippen LogP contribution in [0, 0.1) is 0 Å². The molecule has 2 aromatic rings. The number of aromatic hydroxyl groups is 4. The lowest BCUT2D eigenvalue weighted by Crippen LogP contribution is -1.95. The first kappa shape index (κ1) is 17.0. The van der Waals surface area contributed by atoms with Crippen molar-refractivity contribution < 1.29 is 34.7 Å². The predicted molar refractivity (Wildman–Crippen MR) is 86.0 cm³/mol. The molecule has 0 unspecified atom stereocenters. The van der Waals surface area contributed by atoms with Crippen LogP contribution in [0.4, 0.5) is 0 Å². The zero-order chi connectivity index (χ0) is 17.9. The predicted octanol–water partition coefficient (Wildman–Crippen LogP) is 2.42. The molecule has 0 fully saturated rings. The molecular formula is C17H16O7. The van der Waals surface area contributed by atoms with Crippen molar-refractivity contribution in [1.29, 1.82) is 0 Å². The quantitative estimate of drug-likeness (QED) is 0.287. The Morgan fingerprint density at radius 1 is 0.958 bits per heavy atom. The average Bonchev–Trinajstić information content (AvgIpc) is 2.60. The number of carbonyl (C=O) groups is 1. The molecule has 2 rings (SSSR count). The molecular weight excluding hydrogens is 316 g/mol. The standard InChI is InChI=1S/C17H16O7/c1-23-10-5-3-4-9(8-10)12(18)7-6-11-13(19)15(21)17(24-2)16(22)14(11)20/h3-8,19-22H,1-2H3. The smallest absolute Gasteiger partial charge is 0.210 e. The molecule has 4 N–H and O–H groups in total. The van der Waals surface area contributed by atoms with Gasteiger partial charge in [-0.3, -0.25) is 4.79 Å². The topological polar surface area (TPSA) is 116 Å². The Morgan fingerprint density at radius 2 is 1.58 bits per heavy atom. The van der Waals surface area contributed by atoms with Crippen LogP contribution in [0.1, 0.15) is 15.9 Å². The van der Waals surface area contributed by atoms with Gasteiger partial charge < -0.3 is 29.9 Å². The van der Waals surface area contributed by atoms with Crippen molar-refractivity contribution in [2.75, 3.05) is 14.2 Å². The highest BCUT2D eigenvalue weighted by Gasteiger charge is 2.22. The first-order chi connectivity index (χ1) is 11.4. The summed E-state index contributed by atoms with van der Waals surface area (Å²) >= 11 is 0. The maximum Gasteiger partial charge on any atom is 0.210 e. The summed E-state index contributed by atoms with van der Waals surface area (Å²) in [6, 6.07) is 6.41. The lowest BCUT2D eigenvalue weighted by molar-refractivity contribution is 0.104. The molecule has 126 valence electrons. The van der Waals surface area contributed by atoms with Crippen molar-refractivity contribution in [3.8, 4) is 34.5 Å². The SMILES string of the molecule is COc1cccc(C(=O)C=Cc2c(O)c(O)c(OC)c(O)c2O)c1. The zero-order valence-corrected chi connectivity index (χ0v) is 13.0. The van der Waals surface area contributed by atoms with Crippen molar-refractivity contribution in [1.82, 2.24) is 0 Å². The molecule has 0 atom stereocenters. The second kappa shape index (κ2) is 6.82.